The third-order valence-corrected chi connectivity index (χ3v) is 3.32. The van der Waals surface area contributed by atoms with Crippen molar-refractivity contribution in [1.29, 1.82) is 0 Å². The molecule has 0 aliphatic heterocycles. The van der Waals surface area contributed by atoms with E-state index in [-0.39, 0.29) is 17.7 Å². The van der Waals surface area contributed by atoms with Gasteiger partial charge in [-0.2, -0.15) is 5.10 Å². The maximum atomic E-state index is 6.16. The van der Waals surface area contributed by atoms with Crippen LogP contribution in [0.2, 0.25) is 0 Å². The standard InChI is InChI=1S/C16H23N3O2/c1-16(2,3)14(15(20-4)19-12-17-11-18-19)21-10-13-8-6-5-7-9-13/h5-9,11-12,14-15H,10H2,1-4H3. The Morgan fingerprint density at radius 1 is 1.19 bits per heavy atom. The van der Waals surface area contributed by atoms with Gasteiger partial charge >= 0.3 is 0 Å². The van der Waals surface area contributed by atoms with Gasteiger partial charge in [-0.25, -0.2) is 9.67 Å². The number of aromatic nitrogens is 3. The zero-order chi connectivity index (χ0) is 15.3. The van der Waals surface area contributed by atoms with E-state index in [0.717, 1.165) is 5.56 Å². The summed E-state index contributed by atoms with van der Waals surface area (Å²) in [5, 5.41) is 4.18. The van der Waals surface area contributed by atoms with E-state index >= 15 is 0 Å². The third kappa shape index (κ3) is 4.12. The summed E-state index contributed by atoms with van der Waals surface area (Å²) >= 11 is 0. The fourth-order valence-electron chi connectivity index (χ4n) is 2.24. The molecular weight excluding hydrogens is 266 g/mol. The molecule has 114 valence electrons. The first-order chi connectivity index (χ1) is 10.0. The Morgan fingerprint density at radius 3 is 2.43 bits per heavy atom. The molecule has 2 rings (SSSR count). The van der Waals surface area contributed by atoms with E-state index in [1.807, 2.05) is 18.2 Å². The lowest BCUT2D eigenvalue weighted by molar-refractivity contribution is -0.146. The molecule has 2 unspecified atom stereocenters. The monoisotopic (exact) mass is 289 g/mol. The van der Waals surface area contributed by atoms with E-state index in [0.29, 0.717) is 6.61 Å². The van der Waals surface area contributed by atoms with Crippen LogP contribution < -0.4 is 0 Å². The van der Waals surface area contributed by atoms with Crippen molar-refractivity contribution >= 4 is 0 Å². The van der Waals surface area contributed by atoms with Crippen molar-refractivity contribution in [3.05, 3.63) is 48.5 Å². The van der Waals surface area contributed by atoms with E-state index in [9.17, 15) is 0 Å². The highest BCUT2D eigenvalue weighted by atomic mass is 16.5. The highest BCUT2D eigenvalue weighted by molar-refractivity contribution is 5.13. The average Bonchev–Trinajstić information content (AvgIpc) is 2.97. The first-order valence-electron chi connectivity index (χ1n) is 7.05. The minimum absolute atomic E-state index is 0.0958. The predicted octanol–water partition coefficient (Wildman–Crippen LogP) is 3.05. The van der Waals surface area contributed by atoms with Crippen LogP contribution in [-0.4, -0.2) is 28.0 Å². The van der Waals surface area contributed by atoms with Gasteiger partial charge in [0.2, 0.25) is 0 Å². The van der Waals surface area contributed by atoms with Crippen LogP contribution in [0.15, 0.2) is 43.0 Å². The van der Waals surface area contributed by atoms with Gasteiger partial charge in [-0.15, -0.1) is 0 Å². The highest BCUT2D eigenvalue weighted by Crippen LogP contribution is 2.32. The summed E-state index contributed by atoms with van der Waals surface area (Å²) < 4.78 is 13.5. The van der Waals surface area contributed by atoms with E-state index in [4.69, 9.17) is 9.47 Å². The summed E-state index contributed by atoms with van der Waals surface area (Å²) in [5.74, 6) is 0. The Balaban J connectivity index is 2.14. The summed E-state index contributed by atoms with van der Waals surface area (Å²) in [5.41, 5.74) is 1.04. The normalized spacial score (nSPS) is 14.9. The van der Waals surface area contributed by atoms with Crippen LogP contribution in [0.3, 0.4) is 0 Å². The largest absolute Gasteiger partial charge is 0.368 e. The Labute approximate surface area is 125 Å². The number of rotatable bonds is 6. The molecule has 2 atom stereocenters. The van der Waals surface area contributed by atoms with Crippen LogP contribution >= 0.6 is 0 Å². The van der Waals surface area contributed by atoms with Gasteiger partial charge in [0.1, 0.15) is 18.8 Å². The summed E-state index contributed by atoms with van der Waals surface area (Å²) in [6, 6.07) is 10.1. The summed E-state index contributed by atoms with van der Waals surface area (Å²) in [6.07, 6.45) is 2.70. The first kappa shape index (κ1) is 15.7. The maximum absolute atomic E-state index is 6.16. The zero-order valence-corrected chi connectivity index (χ0v) is 13.1. The lowest BCUT2D eigenvalue weighted by Crippen LogP contribution is -2.39. The van der Waals surface area contributed by atoms with Crippen molar-refractivity contribution in [2.75, 3.05) is 7.11 Å². The molecule has 5 heteroatoms. The van der Waals surface area contributed by atoms with Crippen molar-refractivity contribution in [1.82, 2.24) is 14.8 Å². The fourth-order valence-corrected chi connectivity index (χ4v) is 2.24. The van der Waals surface area contributed by atoms with Gasteiger partial charge in [0.25, 0.3) is 0 Å². The van der Waals surface area contributed by atoms with E-state index in [1.165, 1.54) is 6.33 Å². The van der Waals surface area contributed by atoms with Gasteiger partial charge in [-0.3, -0.25) is 0 Å². The number of ether oxygens (including phenoxy) is 2. The molecule has 1 heterocycles. The second-order valence-corrected chi connectivity index (χ2v) is 6.08. The third-order valence-electron chi connectivity index (χ3n) is 3.32. The van der Waals surface area contributed by atoms with Crippen molar-refractivity contribution in [3.63, 3.8) is 0 Å². The Kier molecular flexibility index (Phi) is 5.09. The van der Waals surface area contributed by atoms with Crippen LogP contribution in [0.5, 0.6) is 0 Å². The minimum Gasteiger partial charge on any atom is -0.368 e. The SMILES string of the molecule is COC(C(OCc1ccccc1)C(C)(C)C)n1cncn1. The second kappa shape index (κ2) is 6.83. The van der Waals surface area contributed by atoms with Crippen LogP contribution in [0, 0.1) is 5.41 Å². The van der Waals surface area contributed by atoms with Crippen LogP contribution in [-0.2, 0) is 16.1 Å². The van der Waals surface area contributed by atoms with Crippen molar-refractivity contribution in [2.45, 2.75) is 39.7 Å². The maximum Gasteiger partial charge on any atom is 0.177 e. The Bertz CT molecular complexity index is 520. The van der Waals surface area contributed by atoms with Gasteiger partial charge in [0, 0.05) is 7.11 Å². The molecule has 0 radical (unpaired) electrons. The minimum atomic E-state index is -0.309. The van der Waals surface area contributed by atoms with Crippen LogP contribution in [0.1, 0.15) is 32.6 Å². The molecule has 0 fully saturated rings. The van der Waals surface area contributed by atoms with Crippen molar-refractivity contribution in [2.24, 2.45) is 5.41 Å². The van der Waals surface area contributed by atoms with Crippen molar-refractivity contribution < 1.29 is 9.47 Å². The number of nitrogens with zero attached hydrogens (tertiary/aromatic N) is 3. The quantitative estimate of drug-likeness (QED) is 0.820. The van der Waals surface area contributed by atoms with Crippen molar-refractivity contribution in [3.8, 4) is 0 Å². The zero-order valence-electron chi connectivity index (χ0n) is 13.1. The molecule has 0 saturated carbocycles. The Morgan fingerprint density at radius 2 is 1.90 bits per heavy atom. The van der Waals surface area contributed by atoms with E-state index in [2.05, 4.69) is 43.0 Å². The summed E-state index contributed by atoms with van der Waals surface area (Å²) in [6.45, 7) is 6.93. The molecule has 0 bridgehead atoms. The molecule has 2 aromatic rings. The number of benzene rings is 1. The van der Waals surface area contributed by atoms with Crippen LogP contribution in [0.25, 0.3) is 0 Å². The molecule has 0 spiro atoms. The number of methoxy groups -OCH3 is 1. The fraction of sp³-hybridized carbons (Fsp3) is 0.500. The van der Waals surface area contributed by atoms with Gasteiger partial charge in [0.15, 0.2) is 6.23 Å². The predicted molar refractivity (Wildman–Crippen MR) is 80.5 cm³/mol. The molecule has 0 N–H and O–H groups in total. The molecule has 0 amide bonds. The number of hydrogen-bond acceptors (Lipinski definition) is 4. The Hall–Kier alpha value is -1.72. The molecule has 0 aliphatic rings. The summed E-state index contributed by atoms with van der Waals surface area (Å²) in [7, 11) is 1.66. The van der Waals surface area contributed by atoms with Gasteiger partial charge in [-0.1, -0.05) is 51.1 Å². The van der Waals surface area contributed by atoms with Crippen LogP contribution in [0.4, 0.5) is 0 Å². The first-order valence-corrected chi connectivity index (χ1v) is 7.05. The second-order valence-electron chi connectivity index (χ2n) is 6.08. The molecular formula is C16H23N3O2. The molecule has 1 aromatic carbocycles. The van der Waals surface area contributed by atoms with Gasteiger partial charge < -0.3 is 9.47 Å². The number of hydrogen-bond donors (Lipinski definition) is 0. The van der Waals surface area contributed by atoms with Gasteiger partial charge in [0.05, 0.1) is 6.61 Å². The molecule has 0 aliphatic carbocycles. The van der Waals surface area contributed by atoms with E-state index in [1.54, 1.807) is 18.1 Å². The molecule has 0 saturated heterocycles. The lowest BCUT2D eigenvalue weighted by atomic mass is 9.87. The highest BCUT2D eigenvalue weighted by Gasteiger charge is 2.35. The van der Waals surface area contributed by atoms with Gasteiger partial charge in [-0.05, 0) is 11.0 Å². The topological polar surface area (TPSA) is 49.2 Å². The molecule has 5 nitrogen and oxygen atoms in total. The average molecular weight is 289 g/mol. The lowest BCUT2D eigenvalue weighted by Gasteiger charge is -2.35. The summed E-state index contributed by atoms with van der Waals surface area (Å²) in [4.78, 5) is 3.99. The van der Waals surface area contributed by atoms with E-state index < -0.39 is 0 Å². The smallest absolute Gasteiger partial charge is 0.177 e. The molecule has 21 heavy (non-hydrogen) atoms. The molecule has 1 aromatic heterocycles.